The summed E-state index contributed by atoms with van der Waals surface area (Å²) < 4.78 is 1.40. The Morgan fingerprint density at radius 1 is 1.17 bits per heavy atom. The number of aryl methyl sites for hydroxylation is 1. The van der Waals surface area contributed by atoms with Crippen molar-refractivity contribution in [2.75, 3.05) is 0 Å². The molecule has 30 heavy (non-hydrogen) atoms. The van der Waals surface area contributed by atoms with Gasteiger partial charge in [-0.15, -0.1) is 0 Å². The van der Waals surface area contributed by atoms with Gasteiger partial charge in [0.2, 0.25) is 0 Å². The summed E-state index contributed by atoms with van der Waals surface area (Å²) in [5.74, 6) is 0.128. The normalized spacial score (nSPS) is 18.7. The molecule has 1 aliphatic carbocycles. The minimum Gasteiger partial charge on any atom is -0.358 e. The number of benzene rings is 1. The van der Waals surface area contributed by atoms with Crippen LogP contribution < -0.4 is 21.7 Å². The highest BCUT2D eigenvalue weighted by Gasteiger charge is 2.22. The molecule has 1 saturated carbocycles. The number of unbranched alkanes of at least 4 members (excludes halogenated alkanes) is 2. The summed E-state index contributed by atoms with van der Waals surface area (Å²) in [4.78, 5) is 25.6. The van der Waals surface area contributed by atoms with Gasteiger partial charge in [0.1, 0.15) is 0 Å². The molecule has 0 bridgehead atoms. The van der Waals surface area contributed by atoms with Gasteiger partial charge in [-0.25, -0.2) is 4.68 Å². The van der Waals surface area contributed by atoms with Crippen LogP contribution in [0.25, 0.3) is 10.8 Å². The largest absolute Gasteiger partial charge is 0.358 e. The van der Waals surface area contributed by atoms with Gasteiger partial charge >= 0.3 is 0 Å². The second-order valence-electron chi connectivity index (χ2n) is 8.05. The van der Waals surface area contributed by atoms with Crippen molar-refractivity contribution in [3.63, 3.8) is 0 Å². The molecule has 3 rings (SSSR count). The molecular weight excluding hydrogens is 398 g/mol. The van der Waals surface area contributed by atoms with Crippen LogP contribution in [0.4, 0.5) is 0 Å². The molecule has 2 aromatic rings. The number of amides is 1. The van der Waals surface area contributed by atoms with Crippen molar-refractivity contribution in [3.8, 4) is 0 Å². The van der Waals surface area contributed by atoms with Gasteiger partial charge in [-0.2, -0.15) is 5.10 Å². The van der Waals surface area contributed by atoms with E-state index >= 15 is 0 Å². The van der Waals surface area contributed by atoms with E-state index in [0.717, 1.165) is 25.7 Å². The van der Waals surface area contributed by atoms with Gasteiger partial charge in [-0.05, 0) is 43.5 Å². The molecule has 1 aromatic carbocycles. The predicted octanol–water partition coefficient (Wildman–Crippen LogP) is 3.27. The number of thiocarbonyl (C=S) groups is 1. The summed E-state index contributed by atoms with van der Waals surface area (Å²) in [6.45, 7) is 4.81. The van der Waals surface area contributed by atoms with Crippen molar-refractivity contribution in [2.24, 2.45) is 5.92 Å². The van der Waals surface area contributed by atoms with Crippen LogP contribution in [-0.2, 0) is 6.54 Å². The molecule has 0 aliphatic heterocycles. The molecule has 1 aromatic heterocycles. The van der Waals surface area contributed by atoms with Gasteiger partial charge in [0.15, 0.2) is 10.8 Å². The Hall–Kier alpha value is -2.48. The first-order valence-corrected chi connectivity index (χ1v) is 11.3. The van der Waals surface area contributed by atoms with Gasteiger partial charge in [0.25, 0.3) is 11.5 Å². The number of fused-ring (bicyclic) bond motifs is 1. The molecule has 0 saturated heterocycles. The maximum atomic E-state index is 12.9. The number of carbonyl (C=O) groups excluding carboxylic acids is 1. The maximum absolute atomic E-state index is 12.9. The lowest BCUT2D eigenvalue weighted by molar-refractivity contribution is 0.0937. The van der Waals surface area contributed by atoms with Crippen LogP contribution in [0, 0.1) is 5.92 Å². The molecule has 1 aliphatic rings. The Balaban J connectivity index is 1.72. The van der Waals surface area contributed by atoms with E-state index in [4.69, 9.17) is 12.2 Å². The van der Waals surface area contributed by atoms with Crippen molar-refractivity contribution in [3.05, 3.63) is 40.3 Å². The average Bonchev–Trinajstić information content (AvgIpc) is 2.75. The van der Waals surface area contributed by atoms with Crippen LogP contribution in [-0.4, -0.2) is 26.8 Å². The first-order chi connectivity index (χ1) is 14.5. The van der Waals surface area contributed by atoms with E-state index in [1.165, 1.54) is 23.9 Å². The Labute approximate surface area is 182 Å². The zero-order valence-electron chi connectivity index (χ0n) is 17.7. The molecule has 162 valence electrons. The van der Waals surface area contributed by atoms with Crippen LogP contribution in [0.2, 0.25) is 0 Å². The third-order valence-electron chi connectivity index (χ3n) is 5.77. The quantitative estimate of drug-likeness (QED) is 0.371. The van der Waals surface area contributed by atoms with Gasteiger partial charge in [-0.1, -0.05) is 57.7 Å². The minimum atomic E-state index is -0.420. The van der Waals surface area contributed by atoms with E-state index in [9.17, 15) is 9.59 Å². The predicted molar refractivity (Wildman–Crippen MR) is 123 cm³/mol. The van der Waals surface area contributed by atoms with E-state index in [1.54, 1.807) is 24.3 Å². The van der Waals surface area contributed by atoms with E-state index in [-0.39, 0.29) is 11.3 Å². The fraction of sp³-hybridized carbons (Fsp3) is 0.545. The third kappa shape index (κ3) is 5.36. The second kappa shape index (κ2) is 10.5. The van der Waals surface area contributed by atoms with Crippen LogP contribution in [0.5, 0.6) is 0 Å². The summed E-state index contributed by atoms with van der Waals surface area (Å²) in [6.07, 6.45) is 7.59. The molecule has 2 atom stereocenters. The fourth-order valence-electron chi connectivity index (χ4n) is 3.97. The lowest BCUT2D eigenvalue weighted by Crippen LogP contribution is -2.51. The van der Waals surface area contributed by atoms with Crippen LogP contribution in [0.1, 0.15) is 69.3 Å². The first kappa shape index (κ1) is 22.2. The number of carbonyl (C=O) groups is 1. The van der Waals surface area contributed by atoms with Crippen molar-refractivity contribution >= 4 is 34.0 Å². The van der Waals surface area contributed by atoms with Gasteiger partial charge in [0, 0.05) is 18.0 Å². The summed E-state index contributed by atoms with van der Waals surface area (Å²) in [5, 5.41) is 9.08. The van der Waals surface area contributed by atoms with E-state index in [1.807, 2.05) is 0 Å². The zero-order valence-corrected chi connectivity index (χ0v) is 18.6. The molecular formula is C22H31N5O2S. The highest BCUT2D eigenvalue weighted by Crippen LogP contribution is 2.23. The monoisotopic (exact) mass is 429 g/mol. The Morgan fingerprint density at radius 2 is 1.90 bits per heavy atom. The molecule has 7 nitrogen and oxygen atoms in total. The van der Waals surface area contributed by atoms with Crippen molar-refractivity contribution in [1.82, 2.24) is 25.9 Å². The smallest absolute Gasteiger partial charge is 0.290 e. The standard InChI is InChI=1S/C22H31N5O2S/c1-3-4-9-14-27-21(29)17-12-7-6-11-16(17)19(26-27)20(28)24-25-22(30)23-18-13-8-5-10-15(18)2/h6-7,11-12,15,18H,3-5,8-10,13-14H2,1-2H3,(H,24,28)(H2,23,25,30)/t15-,18+/m0/s1. The number of aromatic nitrogens is 2. The van der Waals surface area contributed by atoms with E-state index in [0.29, 0.717) is 34.4 Å². The van der Waals surface area contributed by atoms with Crippen molar-refractivity contribution in [1.29, 1.82) is 0 Å². The number of hydrogen-bond acceptors (Lipinski definition) is 4. The van der Waals surface area contributed by atoms with Gasteiger partial charge in [0.05, 0.1) is 5.39 Å². The van der Waals surface area contributed by atoms with Gasteiger partial charge in [-0.3, -0.25) is 20.4 Å². The van der Waals surface area contributed by atoms with Crippen LogP contribution >= 0.6 is 12.2 Å². The third-order valence-corrected chi connectivity index (χ3v) is 5.99. The number of nitrogens with one attached hydrogen (secondary N) is 3. The van der Waals surface area contributed by atoms with Crippen LogP contribution in [0.3, 0.4) is 0 Å². The molecule has 0 spiro atoms. The van der Waals surface area contributed by atoms with Crippen LogP contribution in [0.15, 0.2) is 29.1 Å². The van der Waals surface area contributed by atoms with E-state index in [2.05, 4.69) is 35.1 Å². The molecule has 0 radical (unpaired) electrons. The Kier molecular flexibility index (Phi) is 7.79. The lowest BCUT2D eigenvalue weighted by atomic mass is 9.86. The summed E-state index contributed by atoms with van der Waals surface area (Å²) in [7, 11) is 0. The topological polar surface area (TPSA) is 88.1 Å². The Bertz CT molecular complexity index is 958. The number of hydrazine groups is 1. The van der Waals surface area contributed by atoms with Crippen molar-refractivity contribution < 1.29 is 4.79 Å². The lowest BCUT2D eigenvalue weighted by Gasteiger charge is -2.30. The molecule has 8 heteroatoms. The molecule has 1 amide bonds. The number of hydrogen-bond donors (Lipinski definition) is 3. The minimum absolute atomic E-state index is 0.172. The first-order valence-electron chi connectivity index (χ1n) is 10.9. The van der Waals surface area contributed by atoms with Gasteiger partial charge < -0.3 is 5.32 Å². The zero-order chi connectivity index (χ0) is 21.5. The molecule has 1 heterocycles. The molecule has 1 fully saturated rings. The number of rotatable bonds is 6. The summed E-state index contributed by atoms with van der Waals surface area (Å²) in [6, 6.07) is 7.39. The maximum Gasteiger partial charge on any atom is 0.290 e. The highest BCUT2D eigenvalue weighted by atomic mass is 32.1. The Morgan fingerprint density at radius 3 is 2.63 bits per heavy atom. The highest BCUT2D eigenvalue weighted by molar-refractivity contribution is 7.80. The molecule has 0 unspecified atom stereocenters. The summed E-state index contributed by atoms with van der Waals surface area (Å²) in [5.41, 5.74) is 5.47. The number of nitrogens with zero attached hydrogens (tertiary/aromatic N) is 2. The average molecular weight is 430 g/mol. The second-order valence-corrected chi connectivity index (χ2v) is 8.46. The fourth-order valence-corrected chi connectivity index (χ4v) is 4.18. The molecule has 3 N–H and O–H groups in total. The van der Waals surface area contributed by atoms with Crippen molar-refractivity contribution in [2.45, 2.75) is 71.4 Å². The SMILES string of the molecule is CCCCCn1nc(C(=O)NNC(=S)N[C@@H]2CCCC[C@@H]2C)c2ccccc2c1=O. The summed E-state index contributed by atoms with van der Waals surface area (Å²) >= 11 is 5.36. The van der Waals surface area contributed by atoms with E-state index < -0.39 is 5.91 Å².